The zero-order valence-corrected chi connectivity index (χ0v) is 9.57. The Labute approximate surface area is 96.5 Å². The van der Waals surface area contributed by atoms with E-state index in [0.29, 0.717) is 0 Å². The quantitative estimate of drug-likeness (QED) is 0.801. The summed E-state index contributed by atoms with van der Waals surface area (Å²) in [7, 11) is 0. The van der Waals surface area contributed by atoms with Crippen LogP contribution in [-0.2, 0) is 26.2 Å². The summed E-state index contributed by atoms with van der Waals surface area (Å²) in [6.45, 7) is 0. The van der Waals surface area contributed by atoms with Crippen molar-refractivity contribution in [2.45, 2.75) is 10.4 Å². The fraction of sp³-hybridized carbons (Fsp3) is 0.143. The number of para-hydroxylation sites is 1. The molecule has 0 heterocycles. The zero-order valence-electron chi connectivity index (χ0n) is 6.30. The first-order valence-corrected chi connectivity index (χ1v) is 3.84. The molecule has 0 radical (unpaired) electrons. The number of benzene rings is 1. The SMILES string of the molecule is Oc1ccccc1SC(F)(F)F.[Zr]. The second-order valence-electron chi connectivity index (χ2n) is 2.02. The molecule has 1 rings (SSSR count). The molecule has 1 nitrogen and oxygen atoms in total. The van der Waals surface area contributed by atoms with Gasteiger partial charge in [0, 0.05) is 26.2 Å². The van der Waals surface area contributed by atoms with Gasteiger partial charge in [0.25, 0.3) is 0 Å². The van der Waals surface area contributed by atoms with E-state index in [1.54, 1.807) is 0 Å². The summed E-state index contributed by atoms with van der Waals surface area (Å²) in [5.74, 6) is -0.347. The molecule has 0 unspecified atom stereocenters. The predicted octanol–water partition coefficient (Wildman–Crippen LogP) is 3.00. The standard InChI is InChI=1S/C7H5F3OS.Zr/c8-7(9,10)12-6-4-2-1-3-5(6)11;/h1-4,11H;. The maximum atomic E-state index is 11.8. The minimum Gasteiger partial charge on any atom is -0.507 e. The van der Waals surface area contributed by atoms with Gasteiger partial charge in [-0.15, -0.1) is 0 Å². The van der Waals surface area contributed by atoms with Crippen molar-refractivity contribution < 1.29 is 44.5 Å². The van der Waals surface area contributed by atoms with Crippen molar-refractivity contribution in [3.8, 4) is 5.75 Å². The van der Waals surface area contributed by atoms with E-state index in [1.165, 1.54) is 24.3 Å². The minimum atomic E-state index is -4.35. The van der Waals surface area contributed by atoms with Crippen molar-refractivity contribution in [3.63, 3.8) is 0 Å². The Hall–Kier alpha value is 0.0431. The molecule has 13 heavy (non-hydrogen) atoms. The third-order valence-corrected chi connectivity index (χ3v) is 1.89. The third-order valence-electron chi connectivity index (χ3n) is 1.09. The number of hydrogen-bond acceptors (Lipinski definition) is 2. The largest absolute Gasteiger partial charge is 0.507 e. The van der Waals surface area contributed by atoms with Crippen LogP contribution in [0.5, 0.6) is 5.75 Å². The number of aromatic hydroxyl groups is 1. The van der Waals surface area contributed by atoms with E-state index < -0.39 is 5.51 Å². The number of alkyl halides is 3. The molecule has 0 amide bonds. The average molecular weight is 285 g/mol. The van der Waals surface area contributed by atoms with E-state index in [0.717, 1.165) is 0 Å². The molecule has 0 saturated carbocycles. The van der Waals surface area contributed by atoms with Crippen LogP contribution in [0.4, 0.5) is 13.2 Å². The maximum absolute atomic E-state index is 11.8. The van der Waals surface area contributed by atoms with Crippen LogP contribution in [-0.4, -0.2) is 10.6 Å². The predicted molar refractivity (Wildman–Crippen MR) is 40.0 cm³/mol. The first-order valence-electron chi connectivity index (χ1n) is 3.03. The average Bonchev–Trinajstić information content (AvgIpc) is 1.91. The summed E-state index contributed by atoms with van der Waals surface area (Å²) >= 11 is -0.323. The van der Waals surface area contributed by atoms with Crippen LogP contribution in [0.15, 0.2) is 29.2 Å². The van der Waals surface area contributed by atoms with Crippen LogP contribution in [0.25, 0.3) is 0 Å². The normalized spacial score (nSPS) is 10.7. The molecule has 0 atom stereocenters. The maximum Gasteiger partial charge on any atom is 0.446 e. The van der Waals surface area contributed by atoms with Gasteiger partial charge < -0.3 is 5.11 Å². The smallest absolute Gasteiger partial charge is 0.446 e. The Morgan fingerprint density at radius 3 is 2.15 bits per heavy atom. The first kappa shape index (κ1) is 13.0. The van der Waals surface area contributed by atoms with Crippen molar-refractivity contribution in [2.24, 2.45) is 0 Å². The molecule has 0 saturated heterocycles. The Bertz CT molecular complexity index is 277. The number of rotatable bonds is 1. The van der Waals surface area contributed by atoms with Gasteiger partial charge in [0.05, 0.1) is 4.90 Å². The number of phenolic OH excluding ortho intramolecular Hbond substituents is 1. The fourth-order valence-electron chi connectivity index (χ4n) is 0.668. The van der Waals surface area contributed by atoms with Crippen molar-refractivity contribution >= 4 is 11.8 Å². The second-order valence-corrected chi connectivity index (χ2v) is 3.12. The van der Waals surface area contributed by atoms with E-state index in [9.17, 15) is 13.2 Å². The Morgan fingerprint density at radius 1 is 1.15 bits per heavy atom. The van der Waals surface area contributed by atoms with Gasteiger partial charge in [-0.1, -0.05) is 12.1 Å². The summed E-state index contributed by atoms with van der Waals surface area (Å²) in [5, 5.41) is 8.95. The molecule has 0 aromatic heterocycles. The summed E-state index contributed by atoms with van der Waals surface area (Å²) < 4.78 is 35.3. The first-order chi connectivity index (χ1) is 5.49. The zero-order chi connectivity index (χ0) is 9.19. The monoisotopic (exact) mass is 284 g/mol. The topological polar surface area (TPSA) is 20.2 Å². The van der Waals surface area contributed by atoms with Gasteiger partial charge in [-0.05, 0) is 23.9 Å². The van der Waals surface area contributed by atoms with Gasteiger partial charge in [-0.3, -0.25) is 0 Å². The number of halogens is 3. The van der Waals surface area contributed by atoms with E-state index in [1.807, 2.05) is 0 Å². The van der Waals surface area contributed by atoms with Gasteiger partial charge in [0.1, 0.15) is 5.75 Å². The Balaban J connectivity index is 0.00000144. The number of thioether (sulfide) groups is 1. The summed E-state index contributed by atoms with van der Waals surface area (Å²) in [6, 6.07) is 5.34. The van der Waals surface area contributed by atoms with E-state index >= 15 is 0 Å². The molecule has 0 spiro atoms. The van der Waals surface area contributed by atoms with Gasteiger partial charge in [0.2, 0.25) is 0 Å². The summed E-state index contributed by atoms with van der Waals surface area (Å²) in [6.07, 6.45) is 0. The molecule has 0 bridgehead atoms. The fourth-order valence-corrected chi connectivity index (χ4v) is 1.24. The molecule has 1 N–H and O–H groups in total. The van der Waals surface area contributed by atoms with Crippen LogP contribution in [0.2, 0.25) is 0 Å². The van der Waals surface area contributed by atoms with Gasteiger partial charge >= 0.3 is 5.51 Å². The molecule has 1 aromatic carbocycles. The van der Waals surface area contributed by atoms with E-state index in [-0.39, 0.29) is 48.6 Å². The third kappa shape index (κ3) is 4.72. The molecule has 0 aliphatic rings. The molecule has 70 valence electrons. The van der Waals surface area contributed by atoms with Crippen molar-refractivity contribution in [1.29, 1.82) is 0 Å². The van der Waals surface area contributed by atoms with Crippen LogP contribution in [0.1, 0.15) is 0 Å². The number of hydrogen-bond donors (Lipinski definition) is 1. The molecule has 6 heteroatoms. The van der Waals surface area contributed by atoms with E-state index in [2.05, 4.69) is 0 Å². The van der Waals surface area contributed by atoms with E-state index in [4.69, 9.17) is 5.11 Å². The Kier molecular flexibility index (Phi) is 5.07. The Morgan fingerprint density at radius 2 is 1.69 bits per heavy atom. The molecule has 0 aliphatic heterocycles. The summed E-state index contributed by atoms with van der Waals surface area (Å²) in [4.78, 5) is -0.176. The molecular formula is C7H5F3OSZr. The second kappa shape index (κ2) is 5.06. The minimum absolute atomic E-state index is 0. The molecule has 0 aliphatic carbocycles. The molecule has 0 fully saturated rings. The van der Waals surface area contributed by atoms with Crippen LogP contribution in [0.3, 0.4) is 0 Å². The van der Waals surface area contributed by atoms with Crippen LogP contribution < -0.4 is 0 Å². The molecule has 1 aromatic rings. The van der Waals surface area contributed by atoms with Gasteiger partial charge in [-0.2, -0.15) is 13.2 Å². The number of phenols is 1. The van der Waals surface area contributed by atoms with Crippen molar-refractivity contribution in [3.05, 3.63) is 24.3 Å². The van der Waals surface area contributed by atoms with Gasteiger partial charge in [0.15, 0.2) is 0 Å². The van der Waals surface area contributed by atoms with Gasteiger partial charge in [-0.25, -0.2) is 0 Å². The van der Waals surface area contributed by atoms with Crippen LogP contribution >= 0.6 is 11.8 Å². The summed E-state index contributed by atoms with van der Waals surface area (Å²) in [5.41, 5.74) is -4.35. The van der Waals surface area contributed by atoms with Crippen LogP contribution in [0, 0.1) is 0 Å². The van der Waals surface area contributed by atoms with Crippen molar-refractivity contribution in [1.82, 2.24) is 0 Å². The van der Waals surface area contributed by atoms with Crippen molar-refractivity contribution in [2.75, 3.05) is 0 Å². The molecular weight excluding hydrogens is 280 g/mol.